The van der Waals surface area contributed by atoms with Gasteiger partial charge in [0.15, 0.2) is 5.78 Å². The molecule has 0 aromatic carbocycles. The van der Waals surface area contributed by atoms with Crippen LogP contribution in [-0.2, 0) is 9.59 Å². The number of carbonyl (C=O) groups is 2. The Bertz CT molecular complexity index is 213. The largest absolute Gasteiger partial charge is 0.328 e. The molecular formula is C7H11ClN2O2. The van der Waals surface area contributed by atoms with Gasteiger partial charge in [-0.25, -0.2) is 0 Å². The second-order valence-electron chi connectivity index (χ2n) is 2.45. The maximum atomic E-state index is 11.0. The van der Waals surface area contributed by atoms with Crippen LogP contribution in [0.4, 0.5) is 0 Å². The molecule has 0 aliphatic rings. The van der Waals surface area contributed by atoms with E-state index in [0.717, 1.165) is 6.08 Å². The number of hydrogen-bond acceptors (Lipinski definition) is 3. The van der Waals surface area contributed by atoms with Gasteiger partial charge >= 0.3 is 0 Å². The molecule has 12 heavy (non-hydrogen) atoms. The fourth-order valence-corrected chi connectivity index (χ4v) is 0.793. The Labute approximate surface area is 75.8 Å². The quantitative estimate of drug-likeness (QED) is 0.366. The third-order valence-electron chi connectivity index (χ3n) is 1.27. The van der Waals surface area contributed by atoms with E-state index in [2.05, 4.69) is 11.9 Å². The highest BCUT2D eigenvalue weighted by molar-refractivity contribution is 6.29. The summed E-state index contributed by atoms with van der Waals surface area (Å²) in [5.41, 5.74) is 4.02. The summed E-state index contributed by atoms with van der Waals surface area (Å²) in [7, 11) is 0. The van der Waals surface area contributed by atoms with E-state index in [1.165, 1.54) is 6.92 Å². The van der Waals surface area contributed by atoms with Crippen LogP contribution < -0.4 is 11.1 Å². The molecule has 0 heterocycles. The first kappa shape index (κ1) is 11.1. The Balaban J connectivity index is 4.31. The van der Waals surface area contributed by atoms with Crippen molar-refractivity contribution in [1.29, 1.82) is 0 Å². The van der Waals surface area contributed by atoms with Crippen LogP contribution in [0.25, 0.3) is 0 Å². The molecule has 0 saturated carbocycles. The lowest BCUT2D eigenvalue weighted by Crippen LogP contribution is -2.59. The Morgan fingerprint density at radius 2 is 2.25 bits per heavy atom. The minimum atomic E-state index is -1.41. The fourth-order valence-electron chi connectivity index (χ4n) is 0.515. The number of halogens is 1. The first-order valence-corrected chi connectivity index (χ1v) is 3.80. The highest BCUT2D eigenvalue weighted by Gasteiger charge is 2.27. The average Bonchev–Trinajstić information content (AvgIpc) is 2.02. The van der Waals surface area contributed by atoms with Crippen LogP contribution in [-0.4, -0.2) is 23.2 Å². The van der Waals surface area contributed by atoms with Crippen molar-refractivity contribution < 1.29 is 9.59 Å². The predicted octanol–water partition coefficient (Wildman–Crippen LogP) is -0.229. The molecule has 0 aromatic heterocycles. The molecule has 1 atom stereocenters. The standard InChI is InChI=1S/C7H11ClN2O2/c1-3-6(12)10-7(2,9)5(11)4-8/h3H,1,4,9H2,2H3,(H,10,12). The lowest BCUT2D eigenvalue weighted by molar-refractivity contribution is -0.127. The molecule has 0 aliphatic carbocycles. The van der Waals surface area contributed by atoms with Crippen LogP contribution in [0, 0.1) is 0 Å². The SMILES string of the molecule is C=CC(=O)NC(C)(N)C(=O)CCl. The normalized spacial score (nSPS) is 14.6. The van der Waals surface area contributed by atoms with Gasteiger partial charge in [0.05, 0.1) is 5.88 Å². The fraction of sp³-hybridized carbons (Fsp3) is 0.429. The Morgan fingerprint density at radius 3 is 2.58 bits per heavy atom. The summed E-state index contributed by atoms with van der Waals surface area (Å²) in [6, 6.07) is 0. The number of alkyl halides is 1. The summed E-state index contributed by atoms with van der Waals surface area (Å²) < 4.78 is 0. The number of Topliss-reactive ketones (excluding diaryl/α,β-unsaturated/α-hetero) is 1. The Kier molecular flexibility index (Phi) is 3.92. The van der Waals surface area contributed by atoms with E-state index in [4.69, 9.17) is 17.3 Å². The molecule has 3 N–H and O–H groups in total. The summed E-state index contributed by atoms with van der Waals surface area (Å²) in [6.07, 6.45) is 1.03. The van der Waals surface area contributed by atoms with E-state index in [1.54, 1.807) is 0 Å². The molecule has 0 aromatic rings. The smallest absolute Gasteiger partial charge is 0.245 e. The first-order valence-electron chi connectivity index (χ1n) is 3.26. The van der Waals surface area contributed by atoms with E-state index in [0.29, 0.717) is 0 Å². The third-order valence-corrected chi connectivity index (χ3v) is 1.51. The molecule has 5 heteroatoms. The van der Waals surface area contributed by atoms with E-state index in [-0.39, 0.29) is 5.88 Å². The molecule has 0 rings (SSSR count). The summed E-state index contributed by atoms with van der Waals surface area (Å²) in [5.74, 6) is -1.18. The van der Waals surface area contributed by atoms with Crippen molar-refractivity contribution in [3.05, 3.63) is 12.7 Å². The Morgan fingerprint density at radius 1 is 1.75 bits per heavy atom. The van der Waals surface area contributed by atoms with Crippen LogP contribution in [0.1, 0.15) is 6.92 Å². The highest BCUT2D eigenvalue weighted by Crippen LogP contribution is 1.97. The zero-order valence-corrected chi connectivity index (χ0v) is 7.52. The Hall–Kier alpha value is -0.870. The third kappa shape index (κ3) is 3.02. The van der Waals surface area contributed by atoms with E-state index >= 15 is 0 Å². The van der Waals surface area contributed by atoms with Gasteiger partial charge in [-0.1, -0.05) is 6.58 Å². The topological polar surface area (TPSA) is 72.2 Å². The van der Waals surface area contributed by atoms with Crippen molar-refractivity contribution in [2.45, 2.75) is 12.6 Å². The summed E-state index contributed by atoms with van der Waals surface area (Å²) >= 11 is 5.26. The van der Waals surface area contributed by atoms with Crippen molar-refractivity contribution >= 4 is 23.3 Å². The number of amides is 1. The van der Waals surface area contributed by atoms with Gasteiger partial charge in [-0.15, -0.1) is 11.6 Å². The van der Waals surface area contributed by atoms with Gasteiger partial charge in [0.25, 0.3) is 0 Å². The molecule has 1 amide bonds. The van der Waals surface area contributed by atoms with Crippen LogP contribution in [0.5, 0.6) is 0 Å². The van der Waals surface area contributed by atoms with Crippen LogP contribution in [0.3, 0.4) is 0 Å². The van der Waals surface area contributed by atoms with Crippen molar-refractivity contribution in [2.24, 2.45) is 5.73 Å². The van der Waals surface area contributed by atoms with Crippen molar-refractivity contribution in [2.75, 3.05) is 5.88 Å². The number of rotatable bonds is 4. The van der Waals surface area contributed by atoms with Crippen LogP contribution >= 0.6 is 11.6 Å². The molecule has 0 saturated heterocycles. The van der Waals surface area contributed by atoms with Crippen molar-refractivity contribution in [3.8, 4) is 0 Å². The average molecular weight is 191 g/mol. The van der Waals surface area contributed by atoms with Gasteiger partial charge in [0, 0.05) is 0 Å². The van der Waals surface area contributed by atoms with Gasteiger partial charge in [0.2, 0.25) is 5.91 Å². The maximum absolute atomic E-state index is 11.0. The van der Waals surface area contributed by atoms with Crippen LogP contribution in [0.15, 0.2) is 12.7 Å². The number of ketones is 1. The van der Waals surface area contributed by atoms with Gasteiger partial charge in [0.1, 0.15) is 5.66 Å². The lowest BCUT2D eigenvalue weighted by Gasteiger charge is -2.22. The van der Waals surface area contributed by atoms with Gasteiger partial charge < -0.3 is 11.1 Å². The first-order chi connectivity index (χ1) is 5.44. The van der Waals surface area contributed by atoms with Crippen molar-refractivity contribution in [1.82, 2.24) is 5.32 Å². The number of hydrogen-bond donors (Lipinski definition) is 2. The molecule has 4 nitrogen and oxygen atoms in total. The summed E-state index contributed by atoms with van der Waals surface area (Å²) in [6.45, 7) is 4.59. The zero-order chi connectivity index (χ0) is 9.78. The molecule has 1 unspecified atom stereocenters. The van der Waals surface area contributed by atoms with E-state index in [9.17, 15) is 9.59 Å². The summed E-state index contributed by atoms with van der Waals surface area (Å²) in [5, 5.41) is 2.24. The molecule has 0 bridgehead atoms. The maximum Gasteiger partial charge on any atom is 0.245 e. The van der Waals surface area contributed by atoms with Gasteiger partial charge in [-0.3, -0.25) is 9.59 Å². The van der Waals surface area contributed by atoms with E-state index < -0.39 is 17.4 Å². The molecule has 0 aliphatic heterocycles. The molecule has 68 valence electrons. The number of carbonyl (C=O) groups excluding carboxylic acids is 2. The zero-order valence-electron chi connectivity index (χ0n) is 6.76. The molecule has 0 fully saturated rings. The van der Waals surface area contributed by atoms with Gasteiger partial charge in [-0.05, 0) is 13.0 Å². The second kappa shape index (κ2) is 4.23. The molecule has 0 spiro atoms. The number of nitrogens with one attached hydrogen (secondary N) is 1. The van der Waals surface area contributed by atoms with Crippen molar-refractivity contribution in [3.63, 3.8) is 0 Å². The predicted molar refractivity (Wildman–Crippen MR) is 46.7 cm³/mol. The summed E-state index contributed by atoms with van der Waals surface area (Å²) in [4.78, 5) is 21.7. The number of nitrogens with two attached hydrogens (primary N) is 1. The lowest BCUT2D eigenvalue weighted by atomic mass is 10.1. The van der Waals surface area contributed by atoms with Gasteiger partial charge in [-0.2, -0.15) is 0 Å². The van der Waals surface area contributed by atoms with Crippen LogP contribution in [0.2, 0.25) is 0 Å². The van der Waals surface area contributed by atoms with E-state index in [1.807, 2.05) is 0 Å². The minimum Gasteiger partial charge on any atom is -0.328 e. The highest BCUT2D eigenvalue weighted by atomic mass is 35.5. The molecule has 0 radical (unpaired) electrons. The second-order valence-corrected chi connectivity index (χ2v) is 2.72. The monoisotopic (exact) mass is 190 g/mol. The molecular weight excluding hydrogens is 180 g/mol. The minimum absolute atomic E-state index is 0.232.